The van der Waals surface area contributed by atoms with E-state index in [-0.39, 0.29) is 0 Å². The lowest BCUT2D eigenvalue weighted by atomic mass is 10.3. The molecule has 6 heteroatoms. The van der Waals surface area contributed by atoms with E-state index >= 15 is 0 Å². The van der Waals surface area contributed by atoms with Gasteiger partial charge in [-0.15, -0.1) is 0 Å². The Bertz CT molecular complexity index is 492. The second-order valence-electron chi connectivity index (χ2n) is 3.20. The van der Waals surface area contributed by atoms with E-state index < -0.39 is 0 Å². The zero-order valence-corrected chi connectivity index (χ0v) is 10.8. The van der Waals surface area contributed by atoms with Crippen molar-refractivity contribution >= 4 is 29.2 Å². The minimum Gasteiger partial charge on any atom is -0.373 e. The molecule has 2 heterocycles. The third-order valence-electron chi connectivity index (χ3n) is 2.05. The lowest BCUT2D eigenvalue weighted by molar-refractivity contribution is 0.964. The zero-order chi connectivity index (χ0) is 12.1. The number of nitrogens with zero attached hydrogens (tertiary/aromatic N) is 3. The topological polar surface area (TPSA) is 50.7 Å². The molecule has 0 atom stereocenters. The molecule has 2 rings (SSSR count). The van der Waals surface area contributed by atoms with Crippen molar-refractivity contribution in [2.24, 2.45) is 0 Å². The Kier molecular flexibility index (Phi) is 4.17. The number of anilines is 1. The number of nitrogens with one attached hydrogen (secondary N) is 1. The summed E-state index contributed by atoms with van der Waals surface area (Å²) in [6.07, 6.45) is 3.43. The first kappa shape index (κ1) is 12.1. The van der Waals surface area contributed by atoms with E-state index in [4.69, 9.17) is 11.6 Å². The minimum absolute atomic E-state index is 0.651. The number of hydrogen-bond acceptors (Lipinski definition) is 5. The number of pyridine rings is 1. The van der Waals surface area contributed by atoms with Crippen molar-refractivity contribution in [1.82, 2.24) is 15.0 Å². The second kappa shape index (κ2) is 5.84. The van der Waals surface area contributed by atoms with Gasteiger partial charge >= 0.3 is 0 Å². The first-order chi connectivity index (χ1) is 8.29. The standard InChI is InChI=1S/C11H11ClN4S/c1-13-10-4-3-8(12)9(16-10)7-17-11-14-5-2-6-15-11/h2-6H,7H2,1H3,(H,13,16). The number of rotatable bonds is 4. The van der Waals surface area contributed by atoms with Gasteiger partial charge in [-0.05, 0) is 18.2 Å². The molecular formula is C11H11ClN4S. The van der Waals surface area contributed by atoms with Crippen LogP contribution in [-0.2, 0) is 5.75 Å². The maximum absolute atomic E-state index is 6.07. The van der Waals surface area contributed by atoms with Gasteiger partial charge in [-0.25, -0.2) is 15.0 Å². The van der Waals surface area contributed by atoms with E-state index in [9.17, 15) is 0 Å². The number of halogens is 1. The summed E-state index contributed by atoms with van der Waals surface area (Å²) in [7, 11) is 1.83. The third kappa shape index (κ3) is 3.31. The third-order valence-corrected chi connectivity index (χ3v) is 3.29. The molecule has 0 fully saturated rings. The Morgan fingerprint density at radius 2 is 2.06 bits per heavy atom. The molecule has 0 bridgehead atoms. The Balaban J connectivity index is 2.08. The van der Waals surface area contributed by atoms with Crippen molar-refractivity contribution < 1.29 is 0 Å². The van der Waals surface area contributed by atoms with Gasteiger partial charge in [0.2, 0.25) is 0 Å². The van der Waals surface area contributed by atoms with Crippen LogP contribution in [-0.4, -0.2) is 22.0 Å². The van der Waals surface area contributed by atoms with Crippen LogP contribution in [0.3, 0.4) is 0 Å². The summed E-state index contributed by atoms with van der Waals surface area (Å²) in [6.45, 7) is 0. The Morgan fingerprint density at radius 1 is 1.29 bits per heavy atom. The zero-order valence-electron chi connectivity index (χ0n) is 9.22. The van der Waals surface area contributed by atoms with Crippen molar-refractivity contribution in [3.8, 4) is 0 Å². The molecule has 88 valence electrons. The first-order valence-electron chi connectivity index (χ1n) is 5.02. The first-order valence-corrected chi connectivity index (χ1v) is 6.39. The average Bonchev–Trinajstić information content (AvgIpc) is 2.39. The van der Waals surface area contributed by atoms with Crippen molar-refractivity contribution in [2.75, 3.05) is 12.4 Å². The molecular weight excluding hydrogens is 256 g/mol. The molecule has 0 spiro atoms. The van der Waals surface area contributed by atoms with Gasteiger partial charge in [0.1, 0.15) is 5.82 Å². The van der Waals surface area contributed by atoms with Crippen LogP contribution in [0, 0.1) is 0 Å². The number of thioether (sulfide) groups is 1. The van der Waals surface area contributed by atoms with Crippen LogP contribution in [0.15, 0.2) is 35.7 Å². The summed E-state index contributed by atoms with van der Waals surface area (Å²) in [5.74, 6) is 1.46. The predicted octanol–water partition coefficient (Wildman–Crippen LogP) is 2.86. The summed E-state index contributed by atoms with van der Waals surface area (Å²) in [5.41, 5.74) is 0.830. The van der Waals surface area contributed by atoms with E-state index in [1.165, 1.54) is 11.8 Å². The van der Waals surface area contributed by atoms with Gasteiger partial charge in [0, 0.05) is 25.2 Å². The van der Waals surface area contributed by atoms with Crippen LogP contribution >= 0.6 is 23.4 Å². The van der Waals surface area contributed by atoms with Crippen molar-refractivity contribution in [1.29, 1.82) is 0 Å². The molecule has 17 heavy (non-hydrogen) atoms. The summed E-state index contributed by atoms with van der Waals surface area (Å²) >= 11 is 7.58. The maximum Gasteiger partial charge on any atom is 0.187 e. The van der Waals surface area contributed by atoms with Gasteiger partial charge in [-0.2, -0.15) is 0 Å². The van der Waals surface area contributed by atoms with Gasteiger partial charge in [-0.3, -0.25) is 0 Å². The van der Waals surface area contributed by atoms with E-state index in [0.29, 0.717) is 10.8 Å². The monoisotopic (exact) mass is 266 g/mol. The van der Waals surface area contributed by atoms with Crippen molar-refractivity contribution in [3.63, 3.8) is 0 Å². The van der Waals surface area contributed by atoms with Crippen LogP contribution in [0.1, 0.15) is 5.69 Å². The molecule has 0 aliphatic heterocycles. The SMILES string of the molecule is CNc1ccc(Cl)c(CSc2ncccn2)n1. The molecule has 2 aromatic heterocycles. The molecule has 0 saturated heterocycles. The molecule has 0 aliphatic carbocycles. The normalized spacial score (nSPS) is 10.2. The van der Waals surface area contributed by atoms with Crippen LogP contribution in [0.5, 0.6) is 0 Å². The quantitative estimate of drug-likeness (QED) is 0.681. The van der Waals surface area contributed by atoms with Crippen LogP contribution in [0.2, 0.25) is 5.02 Å². The molecule has 0 unspecified atom stereocenters. The highest BCUT2D eigenvalue weighted by Gasteiger charge is 2.05. The Hall–Kier alpha value is -1.33. The molecule has 0 aromatic carbocycles. The molecule has 2 aromatic rings. The highest BCUT2D eigenvalue weighted by molar-refractivity contribution is 7.98. The number of hydrogen-bond donors (Lipinski definition) is 1. The largest absolute Gasteiger partial charge is 0.373 e. The molecule has 4 nitrogen and oxygen atoms in total. The summed E-state index contributed by atoms with van der Waals surface area (Å²) < 4.78 is 0. The average molecular weight is 267 g/mol. The lowest BCUT2D eigenvalue weighted by Crippen LogP contribution is -1.96. The molecule has 0 amide bonds. The molecule has 0 aliphatic rings. The Morgan fingerprint density at radius 3 is 2.76 bits per heavy atom. The van der Waals surface area contributed by atoms with E-state index in [2.05, 4.69) is 20.3 Å². The van der Waals surface area contributed by atoms with E-state index in [1.807, 2.05) is 19.2 Å². The highest BCUT2D eigenvalue weighted by atomic mass is 35.5. The van der Waals surface area contributed by atoms with E-state index in [1.54, 1.807) is 18.5 Å². The minimum atomic E-state index is 0.651. The van der Waals surface area contributed by atoms with Gasteiger partial charge in [0.15, 0.2) is 5.16 Å². The summed E-state index contributed by atoms with van der Waals surface area (Å²) in [6, 6.07) is 5.47. The smallest absolute Gasteiger partial charge is 0.187 e. The Labute approximate surface area is 109 Å². The molecule has 0 saturated carbocycles. The van der Waals surface area contributed by atoms with Gasteiger partial charge in [0.25, 0.3) is 0 Å². The second-order valence-corrected chi connectivity index (χ2v) is 4.54. The molecule has 0 radical (unpaired) electrons. The van der Waals surface area contributed by atoms with Crippen LogP contribution < -0.4 is 5.32 Å². The van der Waals surface area contributed by atoms with Crippen molar-refractivity contribution in [2.45, 2.75) is 10.9 Å². The van der Waals surface area contributed by atoms with Crippen molar-refractivity contribution in [3.05, 3.63) is 41.3 Å². The van der Waals surface area contributed by atoms with Crippen LogP contribution in [0.25, 0.3) is 0 Å². The predicted molar refractivity (Wildman–Crippen MR) is 70.4 cm³/mol. The van der Waals surface area contributed by atoms with E-state index in [0.717, 1.165) is 16.7 Å². The summed E-state index contributed by atoms with van der Waals surface area (Å²) in [5, 5.41) is 4.36. The van der Waals surface area contributed by atoms with Crippen LogP contribution in [0.4, 0.5) is 5.82 Å². The van der Waals surface area contributed by atoms with Gasteiger partial charge < -0.3 is 5.32 Å². The fraction of sp³-hybridized carbons (Fsp3) is 0.182. The highest BCUT2D eigenvalue weighted by Crippen LogP contribution is 2.24. The fourth-order valence-corrected chi connectivity index (χ4v) is 2.23. The fourth-order valence-electron chi connectivity index (χ4n) is 1.22. The molecule has 1 N–H and O–H groups in total. The van der Waals surface area contributed by atoms with Gasteiger partial charge in [-0.1, -0.05) is 23.4 Å². The summed E-state index contributed by atoms with van der Waals surface area (Å²) in [4.78, 5) is 12.6. The lowest BCUT2D eigenvalue weighted by Gasteiger charge is -2.05. The number of aromatic nitrogens is 3. The maximum atomic E-state index is 6.07. The van der Waals surface area contributed by atoms with Gasteiger partial charge in [0.05, 0.1) is 10.7 Å².